The molecule has 0 spiro atoms. The molecule has 8 nitrogen and oxygen atoms in total. The van der Waals surface area contributed by atoms with Crippen molar-refractivity contribution >= 4 is 26.6 Å². The Bertz CT molecular complexity index is 1430. The molecule has 0 heterocycles. The molecule has 2 aromatic carbocycles. The highest BCUT2D eigenvalue weighted by molar-refractivity contribution is 7.86. The molecule has 0 bridgehead atoms. The number of benzene rings is 2. The molecule has 2 aromatic rings. The highest BCUT2D eigenvalue weighted by Crippen LogP contribution is 2.42. The minimum Gasteiger partial charge on any atom is -0.505 e. The number of nitrogens with zero attached hydrogens (tertiary/aromatic N) is 4. The molecule has 34 heavy (non-hydrogen) atoms. The van der Waals surface area contributed by atoms with Crippen molar-refractivity contribution in [2.24, 2.45) is 20.5 Å². The molecular formula is C25H26N4O4S. The van der Waals surface area contributed by atoms with E-state index in [2.05, 4.69) is 27.0 Å². The van der Waals surface area contributed by atoms with Gasteiger partial charge in [0.1, 0.15) is 10.6 Å². The molecule has 0 saturated heterocycles. The SMILES string of the molecule is C=C/C=C\C=C(/C)N=NC1=CC=C(N=Nc2c(S(=O)(=O)O)cc3c(C)c(C)ccc3c2O)CC1. The lowest BCUT2D eigenvalue weighted by atomic mass is 10.00. The average Bonchev–Trinajstić information content (AvgIpc) is 2.79. The fourth-order valence-corrected chi connectivity index (χ4v) is 3.96. The summed E-state index contributed by atoms with van der Waals surface area (Å²) in [6.07, 6.45) is 11.6. The van der Waals surface area contributed by atoms with Crippen LogP contribution >= 0.6 is 0 Å². The summed E-state index contributed by atoms with van der Waals surface area (Å²) in [4.78, 5) is -0.496. The predicted molar refractivity (Wildman–Crippen MR) is 133 cm³/mol. The lowest BCUT2D eigenvalue weighted by Gasteiger charge is -2.12. The number of hydrogen-bond donors (Lipinski definition) is 2. The van der Waals surface area contributed by atoms with Gasteiger partial charge in [0.05, 0.1) is 17.1 Å². The van der Waals surface area contributed by atoms with E-state index in [1.165, 1.54) is 6.07 Å². The number of allylic oxidation sites excluding steroid dienone is 9. The first-order chi connectivity index (χ1) is 16.1. The monoisotopic (exact) mass is 478 g/mol. The summed E-state index contributed by atoms with van der Waals surface area (Å²) < 4.78 is 33.8. The fraction of sp³-hybridized carbons (Fsp3) is 0.200. The standard InChI is InChI=1S/C25H26N4O4S/c1-5-6-7-8-17(3)26-27-19-10-12-20(13-11-19)28-29-24-23(34(31,32)33)15-22-18(4)16(2)9-14-21(22)25(24)30/h5-10,12,14-15,30H,1,11,13H2,2-4H3,(H,31,32,33)/b7-6-,17-8+,27-26?,29-28?. The molecule has 1 aliphatic carbocycles. The van der Waals surface area contributed by atoms with Crippen molar-refractivity contribution in [1.29, 1.82) is 0 Å². The Morgan fingerprint density at radius 2 is 1.71 bits per heavy atom. The lowest BCUT2D eigenvalue weighted by Crippen LogP contribution is -2.00. The summed E-state index contributed by atoms with van der Waals surface area (Å²) in [6, 6.07) is 4.82. The normalized spacial score (nSPS) is 15.5. The van der Waals surface area contributed by atoms with Crippen LogP contribution in [-0.4, -0.2) is 18.1 Å². The minimum atomic E-state index is -4.65. The Kier molecular flexibility index (Phi) is 7.70. The molecule has 9 heteroatoms. The van der Waals surface area contributed by atoms with Crippen molar-refractivity contribution in [1.82, 2.24) is 0 Å². The van der Waals surface area contributed by atoms with E-state index in [4.69, 9.17) is 0 Å². The first-order valence-corrected chi connectivity index (χ1v) is 12.0. The van der Waals surface area contributed by atoms with Gasteiger partial charge in [-0.1, -0.05) is 36.9 Å². The van der Waals surface area contributed by atoms with Crippen LogP contribution in [0.2, 0.25) is 0 Å². The van der Waals surface area contributed by atoms with E-state index in [0.29, 0.717) is 29.3 Å². The van der Waals surface area contributed by atoms with Gasteiger partial charge in [-0.2, -0.15) is 23.8 Å². The number of hydrogen-bond acceptors (Lipinski definition) is 7. The summed E-state index contributed by atoms with van der Waals surface area (Å²) in [6.45, 7) is 9.13. The highest BCUT2D eigenvalue weighted by Gasteiger charge is 2.23. The van der Waals surface area contributed by atoms with Gasteiger partial charge < -0.3 is 5.11 Å². The molecule has 0 unspecified atom stereocenters. The predicted octanol–water partition coefficient (Wildman–Crippen LogP) is 7.15. The van der Waals surface area contributed by atoms with Gasteiger partial charge in [-0.15, -0.1) is 5.11 Å². The number of phenolic OH excluding ortho intramolecular Hbond substituents is 1. The largest absolute Gasteiger partial charge is 0.505 e. The van der Waals surface area contributed by atoms with Gasteiger partial charge in [-0.05, 0) is 74.4 Å². The molecule has 3 rings (SSSR count). The number of azo groups is 2. The van der Waals surface area contributed by atoms with Gasteiger partial charge in [0.2, 0.25) is 0 Å². The zero-order valence-corrected chi connectivity index (χ0v) is 20.0. The van der Waals surface area contributed by atoms with Crippen LogP contribution in [0.3, 0.4) is 0 Å². The minimum absolute atomic E-state index is 0.304. The molecule has 0 amide bonds. The molecule has 2 N–H and O–H groups in total. The Labute approximate surface area is 198 Å². The van der Waals surface area contributed by atoms with Crippen LogP contribution in [-0.2, 0) is 10.1 Å². The van der Waals surface area contributed by atoms with Gasteiger partial charge in [-0.3, -0.25) is 4.55 Å². The maximum absolute atomic E-state index is 12.0. The fourth-order valence-electron chi connectivity index (χ4n) is 3.31. The van der Waals surface area contributed by atoms with E-state index in [-0.39, 0.29) is 11.4 Å². The van der Waals surface area contributed by atoms with Crippen molar-refractivity contribution in [2.45, 2.75) is 38.5 Å². The van der Waals surface area contributed by atoms with Crippen molar-refractivity contribution in [3.63, 3.8) is 0 Å². The topological polar surface area (TPSA) is 124 Å². The summed E-state index contributed by atoms with van der Waals surface area (Å²) in [5, 5.41) is 28.2. The van der Waals surface area contributed by atoms with Crippen LogP contribution in [0.1, 0.15) is 30.9 Å². The van der Waals surface area contributed by atoms with E-state index in [9.17, 15) is 18.1 Å². The molecule has 0 radical (unpaired) electrons. The van der Waals surface area contributed by atoms with Crippen molar-refractivity contribution in [3.8, 4) is 5.75 Å². The smallest absolute Gasteiger partial charge is 0.296 e. The molecular weight excluding hydrogens is 452 g/mol. The number of fused-ring (bicyclic) bond motifs is 1. The zero-order chi connectivity index (χ0) is 24.9. The van der Waals surface area contributed by atoms with Crippen LogP contribution < -0.4 is 0 Å². The van der Waals surface area contributed by atoms with Gasteiger partial charge >= 0.3 is 0 Å². The molecule has 0 saturated carbocycles. The van der Waals surface area contributed by atoms with Crippen molar-refractivity contribution < 1.29 is 18.1 Å². The van der Waals surface area contributed by atoms with Crippen LogP contribution in [0.4, 0.5) is 5.69 Å². The third-order valence-electron chi connectivity index (χ3n) is 5.36. The summed E-state index contributed by atoms with van der Waals surface area (Å²) in [5.74, 6) is -0.355. The van der Waals surface area contributed by atoms with E-state index in [0.717, 1.165) is 22.5 Å². The Morgan fingerprint density at radius 3 is 2.32 bits per heavy atom. The Balaban J connectivity index is 1.93. The first-order valence-electron chi connectivity index (χ1n) is 10.5. The van der Waals surface area contributed by atoms with Crippen LogP contribution in [0.25, 0.3) is 10.8 Å². The summed E-state index contributed by atoms with van der Waals surface area (Å²) in [5.41, 5.74) is 3.49. The Hall–Kier alpha value is -3.69. The average molecular weight is 479 g/mol. The van der Waals surface area contributed by atoms with Crippen molar-refractivity contribution in [3.05, 3.63) is 89.5 Å². The van der Waals surface area contributed by atoms with Crippen LogP contribution in [0, 0.1) is 13.8 Å². The number of rotatable bonds is 7. The Morgan fingerprint density at radius 1 is 1.03 bits per heavy atom. The maximum Gasteiger partial charge on any atom is 0.296 e. The van der Waals surface area contributed by atoms with Crippen LogP contribution in [0.15, 0.2) is 104 Å². The molecule has 0 fully saturated rings. The molecule has 1 aliphatic rings. The summed E-state index contributed by atoms with van der Waals surface area (Å²) >= 11 is 0. The zero-order valence-electron chi connectivity index (χ0n) is 19.2. The maximum atomic E-state index is 12.0. The second kappa shape index (κ2) is 10.5. The van der Waals surface area contributed by atoms with Gasteiger partial charge in [-0.25, -0.2) is 0 Å². The van der Waals surface area contributed by atoms with Gasteiger partial charge in [0.15, 0.2) is 5.75 Å². The molecule has 0 atom stereocenters. The van der Waals surface area contributed by atoms with Gasteiger partial charge in [0.25, 0.3) is 10.1 Å². The first kappa shape index (κ1) is 24.9. The second-order valence-corrected chi connectivity index (χ2v) is 9.18. The third-order valence-corrected chi connectivity index (χ3v) is 6.22. The number of phenols is 1. The second-order valence-electron chi connectivity index (χ2n) is 7.79. The highest BCUT2D eigenvalue weighted by atomic mass is 32.2. The lowest BCUT2D eigenvalue weighted by molar-refractivity contribution is 0.472. The number of aromatic hydroxyl groups is 1. The quantitative estimate of drug-likeness (QED) is 0.249. The third kappa shape index (κ3) is 5.81. The molecule has 0 aromatic heterocycles. The molecule has 0 aliphatic heterocycles. The van der Waals surface area contributed by atoms with E-state index in [1.54, 1.807) is 30.4 Å². The van der Waals surface area contributed by atoms with Crippen molar-refractivity contribution in [2.75, 3.05) is 0 Å². The van der Waals surface area contributed by atoms with Gasteiger partial charge in [0, 0.05) is 5.39 Å². The van der Waals surface area contributed by atoms with E-state index < -0.39 is 15.0 Å². The molecule has 176 valence electrons. The van der Waals surface area contributed by atoms with E-state index >= 15 is 0 Å². The van der Waals surface area contributed by atoms with E-state index in [1.807, 2.05) is 39.0 Å². The number of aryl methyl sites for hydroxylation is 2. The summed E-state index contributed by atoms with van der Waals surface area (Å²) in [7, 11) is -4.65. The van der Waals surface area contributed by atoms with Crippen LogP contribution in [0.5, 0.6) is 5.75 Å².